The van der Waals surface area contributed by atoms with Crippen molar-refractivity contribution in [2.75, 3.05) is 0 Å². The van der Waals surface area contributed by atoms with Crippen molar-refractivity contribution in [3.05, 3.63) is 58.9 Å². The van der Waals surface area contributed by atoms with E-state index in [9.17, 15) is 17.9 Å². The van der Waals surface area contributed by atoms with Crippen molar-refractivity contribution in [1.82, 2.24) is 4.72 Å². The molecule has 2 aromatic carbocycles. The number of phenols is 1. The molecule has 0 bridgehead atoms. The molecule has 0 radical (unpaired) electrons. The quantitative estimate of drug-likeness (QED) is 0.911. The van der Waals surface area contributed by atoms with E-state index >= 15 is 0 Å². The molecule has 0 aromatic heterocycles. The average molecular weight is 316 g/mol. The van der Waals surface area contributed by atoms with Crippen molar-refractivity contribution >= 4 is 21.6 Å². The van der Waals surface area contributed by atoms with Gasteiger partial charge in [-0.25, -0.2) is 17.5 Å². The van der Waals surface area contributed by atoms with Crippen LogP contribution in [0.1, 0.15) is 5.56 Å². The Hall–Kier alpha value is -1.63. The van der Waals surface area contributed by atoms with E-state index in [2.05, 4.69) is 4.72 Å². The minimum Gasteiger partial charge on any atom is -0.507 e. The summed E-state index contributed by atoms with van der Waals surface area (Å²) in [6.07, 6.45) is 0. The summed E-state index contributed by atoms with van der Waals surface area (Å²) in [4.78, 5) is -0.215. The largest absolute Gasteiger partial charge is 0.507 e. The number of para-hydroxylation sites is 1. The first-order valence-electron chi connectivity index (χ1n) is 5.62. The number of rotatable bonds is 4. The second-order valence-electron chi connectivity index (χ2n) is 4.04. The lowest BCUT2D eigenvalue weighted by Crippen LogP contribution is -2.23. The maximum Gasteiger partial charge on any atom is 0.244 e. The summed E-state index contributed by atoms with van der Waals surface area (Å²) in [5.74, 6) is -0.906. The molecule has 0 aliphatic rings. The fraction of sp³-hybridized carbons (Fsp3) is 0.0769. The molecular formula is C13H11ClFNO3S. The number of sulfonamides is 1. The zero-order valence-electron chi connectivity index (χ0n) is 10.2. The molecule has 0 heterocycles. The fourth-order valence-electron chi connectivity index (χ4n) is 1.59. The molecule has 0 amide bonds. The fourth-order valence-corrected chi connectivity index (χ4v) is 2.91. The van der Waals surface area contributed by atoms with Gasteiger partial charge in [-0.05, 0) is 29.8 Å². The van der Waals surface area contributed by atoms with Crippen LogP contribution in [0.2, 0.25) is 5.02 Å². The molecule has 0 aliphatic heterocycles. The Bertz CT molecular complexity index is 734. The van der Waals surface area contributed by atoms with Gasteiger partial charge in [-0.1, -0.05) is 29.8 Å². The van der Waals surface area contributed by atoms with Crippen LogP contribution in [0, 0.1) is 5.82 Å². The highest BCUT2D eigenvalue weighted by Gasteiger charge is 2.17. The van der Waals surface area contributed by atoms with Crippen molar-refractivity contribution < 1.29 is 17.9 Å². The summed E-state index contributed by atoms with van der Waals surface area (Å²) < 4.78 is 39.3. The van der Waals surface area contributed by atoms with Gasteiger partial charge < -0.3 is 5.11 Å². The maximum absolute atomic E-state index is 13.0. The molecule has 0 fully saturated rings. The zero-order valence-corrected chi connectivity index (χ0v) is 11.7. The van der Waals surface area contributed by atoms with Gasteiger partial charge >= 0.3 is 0 Å². The predicted octanol–water partition coefficient (Wildman–Crippen LogP) is 2.66. The van der Waals surface area contributed by atoms with E-state index in [4.69, 9.17) is 11.6 Å². The normalized spacial score (nSPS) is 11.5. The van der Waals surface area contributed by atoms with E-state index in [1.807, 2.05) is 0 Å². The Morgan fingerprint density at radius 1 is 1.20 bits per heavy atom. The van der Waals surface area contributed by atoms with Crippen LogP contribution in [-0.4, -0.2) is 13.5 Å². The Kier molecular flexibility index (Phi) is 4.27. The Morgan fingerprint density at radius 2 is 1.90 bits per heavy atom. The number of aromatic hydroxyl groups is 1. The molecule has 20 heavy (non-hydrogen) atoms. The number of hydrogen-bond donors (Lipinski definition) is 2. The van der Waals surface area contributed by atoms with Gasteiger partial charge in [0.15, 0.2) is 0 Å². The molecule has 0 saturated carbocycles. The standard InChI is InChI=1S/C13H11ClFNO3S/c14-10-7-9(5-6-11(10)15)8-16-20(18,19)13-4-2-1-3-12(13)17/h1-7,16-17H,8H2. The first kappa shape index (κ1) is 14.8. The van der Waals surface area contributed by atoms with Crippen molar-refractivity contribution in [2.24, 2.45) is 0 Å². The third-order valence-corrected chi connectivity index (χ3v) is 4.34. The first-order chi connectivity index (χ1) is 9.40. The smallest absolute Gasteiger partial charge is 0.244 e. The topological polar surface area (TPSA) is 66.4 Å². The molecule has 0 unspecified atom stereocenters. The van der Waals surface area contributed by atoms with E-state index in [0.29, 0.717) is 5.56 Å². The molecule has 2 N–H and O–H groups in total. The number of nitrogens with one attached hydrogen (secondary N) is 1. The van der Waals surface area contributed by atoms with Crippen molar-refractivity contribution in [3.8, 4) is 5.75 Å². The summed E-state index contributed by atoms with van der Waals surface area (Å²) in [5, 5.41) is 9.45. The molecule has 0 atom stereocenters. The minimum absolute atomic E-state index is 0.0589. The summed E-state index contributed by atoms with van der Waals surface area (Å²) in [6, 6.07) is 9.51. The van der Waals surface area contributed by atoms with Gasteiger partial charge in [-0.2, -0.15) is 0 Å². The van der Waals surface area contributed by atoms with Crippen LogP contribution in [0.15, 0.2) is 47.4 Å². The van der Waals surface area contributed by atoms with Gasteiger partial charge in [0, 0.05) is 6.54 Å². The minimum atomic E-state index is -3.85. The first-order valence-corrected chi connectivity index (χ1v) is 7.48. The summed E-state index contributed by atoms with van der Waals surface area (Å²) in [7, 11) is -3.85. The molecule has 0 spiro atoms. The highest BCUT2D eigenvalue weighted by molar-refractivity contribution is 7.89. The lowest BCUT2D eigenvalue weighted by Gasteiger charge is -2.08. The van der Waals surface area contributed by atoms with E-state index in [0.717, 1.165) is 6.07 Å². The number of phenolic OH excluding ortho intramolecular Hbond substituents is 1. The molecular weight excluding hydrogens is 305 g/mol. The summed E-state index contributed by atoms with van der Waals surface area (Å²) in [5.41, 5.74) is 0.510. The second-order valence-corrected chi connectivity index (χ2v) is 6.18. The van der Waals surface area contributed by atoms with Gasteiger partial charge in [0.2, 0.25) is 10.0 Å². The van der Waals surface area contributed by atoms with Crippen molar-refractivity contribution in [1.29, 1.82) is 0 Å². The van der Waals surface area contributed by atoms with Crippen molar-refractivity contribution in [2.45, 2.75) is 11.4 Å². The van der Waals surface area contributed by atoms with Gasteiger partial charge in [-0.15, -0.1) is 0 Å². The Morgan fingerprint density at radius 3 is 2.55 bits per heavy atom. The van der Waals surface area contributed by atoms with Crippen LogP contribution in [0.4, 0.5) is 4.39 Å². The lowest BCUT2D eigenvalue weighted by atomic mass is 10.2. The van der Waals surface area contributed by atoms with Crippen LogP contribution in [-0.2, 0) is 16.6 Å². The lowest BCUT2D eigenvalue weighted by molar-refractivity contribution is 0.458. The molecule has 7 heteroatoms. The van der Waals surface area contributed by atoms with Crippen LogP contribution >= 0.6 is 11.6 Å². The average Bonchev–Trinajstić information content (AvgIpc) is 2.40. The van der Waals surface area contributed by atoms with Crippen LogP contribution in [0.25, 0.3) is 0 Å². The zero-order chi connectivity index (χ0) is 14.8. The highest BCUT2D eigenvalue weighted by Crippen LogP contribution is 2.22. The molecule has 106 valence electrons. The maximum atomic E-state index is 13.0. The molecule has 2 rings (SSSR count). The van der Waals surface area contributed by atoms with Crippen LogP contribution in [0.5, 0.6) is 5.75 Å². The highest BCUT2D eigenvalue weighted by atomic mass is 35.5. The molecule has 2 aromatic rings. The van der Waals surface area contributed by atoms with Crippen LogP contribution in [0.3, 0.4) is 0 Å². The Balaban J connectivity index is 2.17. The number of halogens is 2. The monoisotopic (exact) mass is 315 g/mol. The van der Waals surface area contributed by atoms with Gasteiger partial charge in [-0.3, -0.25) is 0 Å². The summed E-state index contributed by atoms with van der Waals surface area (Å²) in [6.45, 7) is -0.0589. The van der Waals surface area contributed by atoms with Crippen molar-refractivity contribution in [3.63, 3.8) is 0 Å². The molecule has 0 aliphatic carbocycles. The van der Waals surface area contributed by atoms with E-state index < -0.39 is 15.8 Å². The van der Waals surface area contributed by atoms with E-state index in [1.54, 1.807) is 0 Å². The van der Waals surface area contributed by atoms with Gasteiger partial charge in [0.1, 0.15) is 16.5 Å². The third-order valence-electron chi connectivity index (χ3n) is 2.61. The van der Waals surface area contributed by atoms with Crippen LogP contribution < -0.4 is 4.72 Å². The van der Waals surface area contributed by atoms with E-state index in [1.165, 1.54) is 36.4 Å². The number of benzene rings is 2. The van der Waals surface area contributed by atoms with Gasteiger partial charge in [0.25, 0.3) is 0 Å². The second kappa shape index (κ2) is 5.78. The predicted molar refractivity (Wildman–Crippen MR) is 73.5 cm³/mol. The van der Waals surface area contributed by atoms with Gasteiger partial charge in [0.05, 0.1) is 5.02 Å². The summed E-state index contributed by atoms with van der Waals surface area (Å²) >= 11 is 5.61. The SMILES string of the molecule is O=S(=O)(NCc1ccc(F)c(Cl)c1)c1ccccc1O. The van der Waals surface area contributed by atoms with E-state index in [-0.39, 0.29) is 22.2 Å². The molecule has 0 saturated heterocycles. The Labute approximate surface area is 120 Å². The number of hydrogen-bond acceptors (Lipinski definition) is 3. The third kappa shape index (κ3) is 3.27. The molecule has 4 nitrogen and oxygen atoms in total.